The Bertz CT molecular complexity index is 1150. The number of carbonyl (C=O) groups is 2. The van der Waals surface area contributed by atoms with Crippen molar-refractivity contribution < 1.29 is 22.8 Å². The summed E-state index contributed by atoms with van der Waals surface area (Å²) >= 11 is 0. The number of anilines is 1. The molecule has 10 heteroatoms. The maximum absolute atomic E-state index is 13.6. The number of hydrogen-bond acceptors (Lipinski definition) is 4. The van der Waals surface area contributed by atoms with Gasteiger partial charge in [0.2, 0.25) is 5.91 Å². The van der Waals surface area contributed by atoms with Crippen LogP contribution in [0.2, 0.25) is 0 Å². The third-order valence-corrected chi connectivity index (χ3v) is 3.94. The maximum atomic E-state index is 13.6. The minimum absolute atomic E-state index is 0.0792. The molecule has 2 aromatic carbocycles. The molecule has 3 rings (SSSR count). The lowest BCUT2D eigenvalue weighted by atomic mass is 10.1. The van der Waals surface area contributed by atoms with E-state index in [1.54, 1.807) is 12.1 Å². The Morgan fingerprint density at radius 1 is 1.07 bits per heavy atom. The predicted octanol–water partition coefficient (Wildman–Crippen LogP) is 2.05. The first kappa shape index (κ1) is 19.1. The summed E-state index contributed by atoms with van der Waals surface area (Å²) in [6.07, 6.45) is 0. The summed E-state index contributed by atoms with van der Waals surface area (Å²) in [6.45, 7) is -0.521. The fourth-order valence-corrected chi connectivity index (χ4v) is 2.56. The van der Waals surface area contributed by atoms with Gasteiger partial charge in [-0.05, 0) is 18.2 Å². The molecule has 2 amide bonds. The zero-order valence-electron chi connectivity index (χ0n) is 14.4. The fraction of sp³-hybridized carbons (Fsp3) is 0.111. The molecule has 0 aliphatic carbocycles. The van der Waals surface area contributed by atoms with Gasteiger partial charge in [0.15, 0.2) is 23.1 Å². The second-order valence-electron chi connectivity index (χ2n) is 5.88. The van der Waals surface area contributed by atoms with Gasteiger partial charge in [0.05, 0.1) is 17.6 Å². The second-order valence-corrected chi connectivity index (χ2v) is 5.88. The molecule has 7 nitrogen and oxygen atoms in total. The molecule has 28 heavy (non-hydrogen) atoms. The molecule has 0 aliphatic heterocycles. The van der Waals surface area contributed by atoms with Gasteiger partial charge in [-0.2, -0.15) is 5.10 Å². The van der Waals surface area contributed by atoms with Crippen LogP contribution in [0.1, 0.15) is 10.5 Å². The Morgan fingerprint density at radius 2 is 1.75 bits per heavy atom. The summed E-state index contributed by atoms with van der Waals surface area (Å²) in [6, 6.07) is 7.84. The molecule has 0 radical (unpaired) electrons. The van der Waals surface area contributed by atoms with Gasteiger partial charge in [-0.15, -0.1) is 0 Å². The van der Waals surface area contributed by atoms with E-state index in [1.807, 2.05) is 0 Å². The van der Waals surface area contributed by atoms with E-state index in [4.69, 9.17) is 0 Å². The molecular formula is C18H13F3N4O3. The number of aromatic nitrogens is 2. The number of aromatic amines is 1. The number of H-pyrrole nitrogens is 1. The predicted molar refractivity (Wildman–Crippen MR) is 94.3 cm³/mol. The van der Waals surface area contributed by atoms with Crippen LogP contribution < -0.4 is 10.9 Å². The zero-order valence-corrected chi connectivity index (χ0v) is 14.4. The van der Waals surface area contributed by atoms with Crippen LogP contribution in [-0.2, 0) is 4.79 Å². The van der Waals surface area contributed by atoms with Gasteiger partial charge in [-0.25, -0.2) is 18.3 Å². The summed E-state index contributed by atoms with van der Waals surface area (Å²) in [5.74, 6) is -6.16. The lowest BCUT2D eigenvalue weighted by molar-refractivity contribution is -0.116. The first-order valence-corrected chi connectivity index (χ1v) is 7.96. The quantitative estimate of drug-likeness (QED) is 0.667. The van der Waals surface area contributed by atoms with Crippen molar-refractivity contribution in [3.8, 4) is 0 Å². The van der Waals surface area contributed by atoms with Crippen LogP contribution in [-0.4, -0.2) is 40.5 Å². The molecule has 1 heterocycles. The Balaban J connectivity index is 1.78. The Hall–Kier alpha value is -3.69. The third kappa shape index (κ3) is 3.56. The van der Waals surface area contributed by atoms with Gasteiger partial charge in [-0.1, -0.05) is 18.2 Å². The van der Waals surface area contributed by atoms with Gasteiger partial charge in [0.1, 0.15) is 0 Å². The van der Waals surface area contributed by atoms with Gasteiger partial charge in [0.25, 0.3) is 11.5 Å². The average Bonchev–Trinajstić information content (AvgIpc) is 2.68. The molecule has 0 atom stereocenters. The van der Waals surface area contributed by atoms with Crippen LogP contribution in [0.15, 0.2) is 41.2 Å². The standard InChI is InChI=1S/C18H13F3N4O3/c1-25(8-13(26)22-12-7-6-11(19)14(20)15(12)21)18(28)16-9-4-2-3-5-10(9)17(27)24-23-16/h2-7H,8H2,1H3,(H,22,26)(H,24,27). The van der Waals surface area contributed by atoms with E-state index < -0.39 is 47.1 Å². The SMILES string of the molecule is CN(CC(=O)Nc1ccc(F)c(F)c1F)C(=O)c1n[nH]c(=O)c2ccccc12. The highest BCUT2D eigenvalue weighted by Crippen LogP contribution is 2.19. The number of nitrogens with one attached hydrogen (secondary N) is 2. The summed E-state index contributed by atoms with van der Waals surface area (Å²) in [5.41, 5.74) is -1.11. The van der Waals surface area contributed by atoms with E-state index in [1.165, 1.54) is 19.2 Å². The van der Waals surface area contributed by atoms with Crippen molar-refractivity contribution in [2.24, 2.45) is 0 Å². The summed E-state index contributed by atoms with van der Waals surface area (Å²) in [5, 5.41) is 8.58. The Morgan fingerprint density at radius 3 is 2.46 bits per heavy atom. The number of benzene rings is 2. The zero-order chi connectivity index (χ0) is 20.4. The Kier molecular flexibility index (Phi) is 5.12. The Labute approximate surface area is 155 Å². The van der Waals surface area contributed by atoms with Crippen LogP contribution in [0.5, 0.6) is 0 Å². The summed E-state index contributed by atoms with van der Waals surface area (Å²) < 4.78 is 39.8. The highest BCUT2D eigenvalue weighted by Gasteiger charge is 2.21. The molecule has 0 aliphatic rings. The molecule has 0 spiro atoms. The lowest BCUT2D eigenvalue weighted by Crippen LogP contribution is -2.36. The number of nitrogens with zero attached hydrogens (tertiary/aromatic N) is 2. The highest BCUT2D eigenvalue weighted by atomic mass is 19.2. The maximum Gasteiger partial charge on any atom is 0.275 e. The second kappa shape index (κ2) is 7.51. The normalized spacial score (nSPS) is 10.7. The van der Waals surface area contributed by atoms with E-state index in [0.29, 0.717) is 11.5 Å². The van der Waals surface area contributed by atoms with Crippen molar-refractivity contribution in [3.63, 3.8) is 0 Å². The van der Waals surface area contributed by atoms with Crippen molar-refractivity contribution >= 4 is 28.3 Å². The largest absolute Gasteiger partial charge is 0.331 e. The smallest absolute Gasteiger partial charge is 0.275 e. The van der Waals surface area contributed by atoms with E-state index in [9.17, 15) is 27.6 Å². The van der Waals surface area contributed by atoms with Crippen molar-refractivity contribution in [2.75, 3.05) is 18.9 Å². The van der Waals surface area contributed by atoms with Gasteiger partial charge >= 0.3 is 0 Å². The van der Waals surface area contributed by atoms with Crippen LogP contribution >= 0.6 is 0 Å². The average molecular weight is 390 g/mol. The van der Waals surface area contributed by atoms with Crippen LogP contribution in [0.25, 0.3) is 10.8 Å². The van der Waals surface area contributed by atoms with E-state index in [-0.39, 0.29) is 11.1 Å². The van der Waals surface area contributed by atoms with Gasteiger partial charge < -0.3 is 10.2 Å². The fourth-order valence-electron chi connectivity index (χ4n) is 2.56. The van der Waals surface area contributed by atoms with E-state index >= 15 is 0 Å². The lowest BCUT2D eigenvalue weighted by Gasteiger charge is -2.17. The minimum Gasteiger partial charge on any atom is -0.331 e. The number of carbonyl (C=O) groups excluding carboxylic acids is 2. The first-order chi connectivity index (χ1) is 13.3. The number of amides is 2. The topological polar surface area (TPSA) is 95.2 Å². The van der Waals surface area contributed by atoms with Crippen LogP contribution in [0, 0.1) is 17.5 Å². The summed E-state index contributed by atoms with van der Waals surface area (Å²) in [7, 11) is 1.30. The summed E-state index contributed by atoms with van der Waals surface area (Å²) in [4.78, 5) is 37.4. The number of likely N-dealkylation sites (N-methyl/N-ethyl adjacent to an activating group) is 1. The van der Waals surface area contributed by atoms with E-state index in [0.717, 1.165) is 11.0 Å². The molecular weight excluding hydrogens is 377 g/mol. The molecule has 0 fully saturated rings. The van der Waals surface area contributed by atoms with Crippen molar-refractivity contribution in [1.82, 2.24) is 15.1 Å². The molecule has 0 saturated heterocycles. The molecule has 0 saturated carbocycles. The van der Waals surface area contributed by atoms with Crippen LogP contribution in [0.4, 0.5) is 18.9 Å². The molecule has 3 aromatic rings. The molecule has 0 bridgehead atoms. The number of fused-ring (bicyclic) bond motifs is 1. The monoisotopic (exact) mass is 390 g/mol. The molecule has 144 valence electrons. The van der Waals surface area contributed by atoms with E-state index in [2.05, 4.69) is 15.5 Å². The van der Waals surface area contributed by atoms with Crippen molar-refractivity contribution in [2.45, 2.75) is 0 Å². The third-order valence-electron chi connectivity index (χ3n) is 3.94. The number of rotatable bonds is 4. The molecule has 1 aromatic heterocycles. The van der Waals surface area contributed by atoms with Crippen molar-refractivity contribution in [1.29, 1.82) is 0 Å². The van der Waals surface area contributed by atoms with Gasteiger partial charge in [0, 0.05) is 12.4 Å². The highest BCUT2D eigenvalue weighted by molar-refractivity contribution is 6.06. The molecule has 0 unspecified atom stereocenters. The molecule has 2 N–H and O–H groups in total. The van der Waals surface area contributed by atoms with Gasteiger partial charge in [-0.3, -0.25) is 14.4 Å². The number of hydrogen-bond donors (Lipinski definition) is 2. The van der Waals surface area contributed by atoms with Crippen molar-refractivity contribution in [3.05, 3.63) is 69.9 Å². The minimum atomic E-state index is -1.72. The first-order valence-electron chi connectivity index (χ1n) is 7.96. The number of halogens is 3. The van der Waals surface area contributed by atoms with Crippen LogP contribution in [0.3, 0.4) is 0 Å².